The van der Waals surface area contributed by atoms with Gasteiger partial charge in [0.05, 0.1) is 16.8 Å². The lowest BCUT2D eigenvalue weighted by Crippen LogP contribution is -2.11. The van der Waals surface area contributed by atoms with Gasteiger partial charge in [0.15, 0.2) is 0 Å². The number of hydrogen-bond acceptors (Lipinski definition) is 3. The molecule has 0 aliphatic rings. The smallest absolute Gasteiger partial charge is 0.266 e. The molecule has 3 aromatic rings. The lowest BCUT2D eigenvalue weighted by atomic mass is 10.3. The zero-order valence-electron chi connectivity index (χ0n) is 10.1. The average molecular weight is 336 g/mol. The van der Waals surface area contributed by atoms with Crippen molar-refractivity contribution in [3.8, 4) is 0 Å². The fourth-order valence-corrected chi connectivity index (χ4v) is 3.02. The number of nitrogens with zero attached hydrogens (tertiary/aromatic N) is 2. The number of anilines is 1. The van der Waals surface area contributed by atoms with Crippen LogP contribution in [0.1, 0.15) is 15.2 Å². The standard InChI is InChI=1S/C13H10BrN3OS/c1-8-4-5-19-12(8)13(18)16-9-2-3-11-15-6-10(14)17(11)7-9/h2-7H,1H3,(H,16,18). The van der Waals surface area contributed by atoms with E-state index in [9.17, 15) is 4.79 Å². The number of fused-ring (bicyclic) bond motifs is 1. The average Bonchev–Trinajstić information content (AvgIpc) is 2.97. The lowest BCUT2D eigenvalue weighted by Gasteiger charge is -2.05. The Morgan fingerprint density at radius 1 is 1.42 bits per heavy atom. The van der Waals surface area contributed by atoms with E-state index in [1.54, 1.807) is 6.20 Å². The highest BCUT2D eigenvalue weighted by atomic mass is 79.9. The van der Waals surface area contributed by atoms with Crippen LogP contribution in [0.2, 0.25) is 0 Å². The molecule has 0 radical (unpaired) electrons. The Hall–Kier alpha value is -1.66. The molecule has 3 rings (SSSR count). The van der Waals surface area contributed by atoms with Gasteiger partial charge >= 0.3 is 0 Å². The van der Waals surface area contributed by atoms with E-state index in [4.69, 9.17) is 0 Å². The molecule has 0 atom stereocenters. The number of amides is 1. The van der Waals surface area contributed by atoms with E-state index in [2.05, 4.69) is 26.2 Å². The molecule has 1 N–H and O–H groups in total. The summed E-state index contributed by atoms with van der Waals surface area (Å²) in [5, 5.41) is 4.81. The summed E-state index contributed by atoms with van der Waals surface area (Å²) >= 11 is 4.85. The van der Waals surface area contributed by atoms with E-state index in [0.717, 1.165) is 26.4 Å². The van der Waals surface area contributed by atoms with Crippen molar-refractivity contribution in [3.05, 3.63) is 51.0 Å². The van der Waals surface area contributed by atoms with Crippen LogP contribution in [0.4, 0.5) is 5.69 Å². The largest absolute Gasteiger partial charge is 0.320 e. The molecule has 0 saturated carbocycles. The maximum atomic E-state index is 12.1. The van der Waals surface area contributed by atoms with Crippen LogP contribution in [0.15, 0.2) is 40.6 Å². The molecular formula is C13H10BrN3OS. The number of carbonyl (C=O) groups is 1. The molecule has 0 aliphatic heterocycles. The maximum absolute atomic E-state index is 12.1. The van der Waals surface area contributed by atoms with Gasteiger partial charge in [-0.05, 0) is 52.0 Å². The quantitative estimate of drug-likeness (QED) is 0.775. The Morgan fingerprint density at radius 3 is 3.00 bits per heavy atom. The molecular weight excluding hydrogens is 326 g/mol. The van der Waals surface area contributed by atoms with Crippen LogP contribution in [-0.2, 0) is 0 Å². The Morgan fingerprint density at radius 2 is 2.26 bits per heavy atom. The van der Waals surface area contributed by atoms with E-state index in [-0.39, 0.29) is 5.91 Å². The van der Waals surface area contributed by atoms with Gasteiger partial charge in [-0.1, -0.05) is 0 Å². The Kier molecular flexibility index (Phi) is 3.12. The lowest BCUT2D eigenvalue weighted by molar-refractivity contribution is 0.103. The predicted octanol–water partition coefficient (Wildman–Crippen LogP) is 3.72. The first-order chi connectivity index (χ1) is 9.15. The third-order valence-electron chi connectivity index (χ3n) is 2.79. The topological polar surface area (TPSA) is 46.4 Å². The van der Waals surface area contributed by atoms with E-state index >= 15 is 0 Å². The highest BCUT2D eigenvalue weighted by Gasteiger charge is 2.11. The minimum Gasteiger partial charge on any atom is -0.320 e. The van der Waals surface area contributed by atoms with Gasteiger partial charge in [0.25, 0.3) is 5.91 Å². The molecule has 4 nitrogen and oxygen atoms in total. The Labute approximate surface area is 122 Å². The van der Waals surface area contributed by atoms with Gasteiger partial charge in [0.2, 0.25) is 0 Å². The first-order valence-corrected chi connectivity index (χ1v) is 7.30. The minimum atomic E-state index is -0.0805. The van der Waals surface area contributed by atoms with Crippen molar-refractivity contribution in [2.24, 2.45) is 0 Å². The second-order valence-corrected chi connectivity index (χ2v) is 5.84. The van der Waals surface area contributed by atoms with Crippen LogP contribution in [0.5, 0.6) is 0 Å². The van der Waals surface area contributed by atoms with Crippen molar-refractivity contribution < 1.29 is 4.79 Å². The van der Waals surface area contributed by atoms with Crippen LogP contribution in [0.25, 0.3) is 5.65 Å². The number of aromatic nitrogens is 2. The van der Waals surface area contributed by atoms with Crippen LogP contribution in [0, 0.1) is 6.92 Å². The normalized spacial score (nSPS) is 10.8. The summed E-state index contributed by atoms with van der Waals surface area (Å²) in [5.41, 5.74) is 2.56. The van der Waals surface area contributed by atoms with Crippen molar-refractivity contribution in [1.82, 2.24) is 9.38 Å². The molecule has 3 heterocycles. The summed E-state index contributed by atoms with van der Waals surface area (Å²) in [7, 11) is 0. The van der Waals surface area contributed by atoms with Gasteiger partial charge in [-0.15, -0.1) is 11.3 Å². The molecule has 96 valence electrons. The summed E-state index contributed by atoms with van der Waals surface area (Å²) in [6.45, 7) is 1.93. The Balaban J connectivity index is 1.91. The molecule has 0 bridgehead atoms. The van der Waals surface area contributed by atoms with Crippen LogP contribution < -0.4 is 5.32 Å². The van der Waals surface area contributed by atoms with Gasteiger partial charge in [0, 0.05) is 6.20 Å². The maximum Gasteiger partial charge on any atom is 0.266 e. The number of carbonyl (C=O) groups excluding carboxylic acids is 1. The summed E-state index contributed by atoms with van der Waals surface area (Å²) in [6, 6.07) is 5.65. The monoisotopic (exact) mass is 335 g/mol. The molecule has 0 unspecified atom stereocenters. The number of pyridine rings is 1. The first kappa shape index (κ1) is 12.4. The summed E-state index contributed by atoms with van der Waals surface area (Å²) in [4.78, 5) is 17.1. The molecule has 1 amide bonds. The number of thiophene rings is 1. The number of nitrogens with one attached hydrogen (secondary N) is 1. The molecule has 0 aliphatic carbocycles. The Bertz CT molecular complexity index is 762. The first-order valence-electron chi connectivity index (χ1n) is 5.63. The molecule has 0 saturated heterocycles. The van der Waals surface area contributed by atoms with Gasteiger partial charge < -0.3 is 5.32 Å². The van der Waals surface area contributed by atoms with Gasteiger partial charge in [-0.25, -0.2) is 4.98 Å². The number of hydrogen-bond donors (Lipinski definition) is 1. The fourth-order valence-electron chi connectivity index (χ4n) is 1.82. The van der Waals surface area contributed by atoms with E-state index in [1.807, 2.05) is 41.1 Å². The second-order valence-electron chi connectivity index (χ2n) is 4.11. The van der Waals surface area contributed by atoms with Crippen LogP contribution in [0.3, 0.4) is 0 Å². The molecule has 0 aromatic carbocycles. The van der Waals surface area contributed by atoms with Crippen molar-refractivity contribution in [2.45, 2.75) is 6.92 Å². The number of imidazole rings is 1. The van der Waals surface area contributed by atoms with E-state index in [1.165, 1.54) is 11.3 Å². The van der Waals surface area contributed by atoms with Gasteiger partial charge in [-0.2, -0.15) is 0 Å². The molecule has 0 fully saturated rings. The number of halogens is 1. The molecule has 3 aromatic heterocycles. The molecule has 6 heteroatoms. The summed E-state index contributed by atoms with van der Waals surface area (Å²) in [6.07, 6.45) is 3.57. The van der Waals surface area contributed by atoms with Crippen molar-refractivity contribution in [1.29, 1.82) is 0 Å². The van der Waals surface area contributed by atoms with Gasteiger partial charge in [-0.3, -0.25) is 9.20 Å². The van der Waals surface area contributed by atoms with Crippen molar-refractivity contribution >= 4 is 44.5 Å². The van der Waals surface area contributed by atoms with E-state index in [0.29, 0.717) is 0 Å². The SMILES string of the molecule is Cc1ccsc1C(=O)Nc1ccc2ncc(Br)n2c1. The zero-order valence-corrected chi connectivity index (χ0v) is 12.5. The highest BCUT2D eigenvalue weighted by Crippen LogP contribution is 2.20. The minimum absolute atomic E-state index is 0.0805. The van der Waals surface area contributed by atoms with Gasteiger partial charge in [0.1, 0.15) is 10.3 Å². The van der Waals surface area contributed by atoms with Crippen LogP contribution in [-0.4, -0.2) is 15.3 Å². The third-order valence-corrected chi connectivity index (χ3v) is 4.39. The third kappa shape index (κ3) is 2.29. The number of aryl methyl sites for hydroxylation is 1. The fraction of sp³-hybridized carbons (Fsp3) is 0.0769. The predicted molar refractivity (Wildman–Crippen MR) is 79.9 cm³/mol. The molecule has 19 heavy (non-hydrogen) atoms. The number of rotatable bonds is 2. The second kappa shape index (κ2) is 4.79. The zero-order chi connectivity index (χ0) is 13.4. The highest BCUT2D eigenvalue weighted by molar-refractivity contribution is 9.10. The van der Waals surface area contributed by atoms with Crippen molar-refractivity contribution in [3.63, 3.8) is 0 Å². The van der Waals surface area contributed by atoms with E-state index < -0.39 is 0 Å². The molecule has 0 spiro atoms. The van der Waals surface area contributed by atoms with Crippen molar-refractivity contribution in [2.75, 3.05) is 5.32 Å². The summed E-state index contributed by atoms with van der Waals surface area (Å²) in [5.74, 6) is -0.0805. The summed E-state index contributed by atoms with van der Waals surface area (Å²) < 4.78 is 2.72. The van der Waals surface area contributed by atoms with Crippen LogP contribution >= 0.6 is 27.3 Å².